The highest BCUT2D eigenvalue weighted by Gasteiger charge is 2.09. The van der Waals surface area contributed by atoms with Crippen molar-refractivity contribution in [3.63, 3.8) is 0 Å². The fourth-order valence-corrected chi connectivity index (χ4v) is 2.90. The van der Waals surface area contributed by atoms with Gasteiger partial charge in [0.25, 0.3) is 0 Å². The SMILES string of the molecule is CCCc1nnsc1CNCCCN1CCOCC1. The van der Waals surface area contributed by atoms with Gasteiger partial charge in [0.2, 0.25) is 0 Å². The monoisotopic (exact) mass is 284 g/mol. The van der Waals surface area contributed by atoms with Gasteiger partial charge in [-0.1, -0.05) is 17.8 Å². The number of ether oxygens (including phenoxy) is 1. The molecule has 0 aliphatic carbocycles. The molecule has 1 fully saturated rings. The number of aromatic nitrogens is 2. The van der Waals surface area contributed by atoms with Gasteiger partial charge in [-0.05, 0) is 37.5 Å². The van der Waals surface area contributed by atoms with Gasteiger partial charge in [-0.3, -0.25) is 4.90 Å². The van der Waals surface area contributed by atoms with Gasteiger partial charge >= 0.3 is 0 Å². The van der Waals surface area contributed by atoms with Gasteiger partial charge in [0, 0.05) is 19.6 Å². The van der Waals surface area contributed by atoms with E-state index in [4.69, 9.17) is 4.74 Å². The second-order valence-corrected chi connectivity index (χ2v) is 5.72. The van der Waals surface area contributed by atoms with Crippen molar-refractivity contribution in [1.82, 2.24) is 19.8 Å². The molecule has 0 radical (unpaired) electrons. The molecule has 108 valence electrons. The van der Waals surface area contributed by atoms with Crippen molar-refractivity contribution in [1.29, 1.82) is 0 Å². The molecule has 0 amide bonds. The van der Waals surface area contributed by atoms with Gasteiger partial charge in [0.05, 0.1) is 23.8 Å². The predicted octanol–water partition coefficient (Wildman–Crippen LogP) is 1.30. The van der Waals surface area contributed by atoms with Gasteiger partial charge in [-0.25, -0.2) is 0 Å². The Morgan fingerprint density at radius 1 is 1.37 bits per heavy atom. The lowest BCUT2D eigenvalue weighted by atomic mass is 10.2. The van der Waals surface area contributed by atoms with Crippen molar-refractivity contribution in [2.45, 2.75) is 32.7 Å². The molecule has 2 heterocycles. The van der Waals surface area contributed by atoms with E-state index in [0.29, 0.717) is 0 Å². The fraction of sp³-hybridized carbons (Fsp3) is 0.846. The van der Waals surface area contributed by atoms with Crippen LogP contribution in [0.1, 0.15) is 30.3 Å². The molecule has 6 heteroatoms. The second kappa shape index (κ2) is 8.58. The van der Waals surface area contributed by atoms with Crippen LogP contribution in [0, 0.1) is 0 Å². The molecule has 19 heavy (non-hydrogen) atoms. The molecule has 0 atom stereocenters. The normalized spacial score (nSPS) is 16.9. The molecule has 1 aliphatic heterocycles. The number of hydrogen-bond acceptors (Lipinski definition) is 6. The zero-order chi connectivity index (χ0) is 13.3. The van der Waals surface area contributed by atoms with E-state index in [9.17, 15) is 0 Å². The predicted molar refractivity (Wildman–Crippen MR) is 77.5 cm³/mol. The number of morpholine rings is 1. The minimum atomic E-state index is 0.889. The number of hydrogen-bond donors (Lipinski definition) is 1. The molecule has 0 aromatic carbocycles. The van der Waals surface area contributed by atoms with Crippen LogP contribution in [0.4, 0.5) is 0 Å². The summed E-state index contributed by atoms with van der Waals surface area (Å²) in [6.45, 7) is 9.26. The van der Waals surface area contributed by atoms with Crippen LogP contribution in [-0.4, -0.2) is 53.9 Å². The molecule has 1 aromatic rings. The highest BCUT2D eigenvalue weighted by molar-refractivity contribution is 7.05. The van der Waals surface area contributed by atoms with Crippen LogP contribution in [0.5, 0.6) is 0 Å². The molecule has 1 N–H and O–H groups in total. The van der Waals surface area contributed by atoms with Crippen LogP contribution in [0.25, 0.3) is 0 Å². The summed E-state index contributed by atoms with van der Waals surface area (Å²) in [5.74, 6) is 0. The molecular weight excluding hydrogens is 260 g/mol. The molecule has 0 saturated carbocycles. The van der Waals surface area contributed by atoms with Crippen molar-refractivity contribution in [2.75, 3.05) is 39.4 Å². The van der Waals surface area contributed by atoms with E-state index in [0.717, 1.165) is 52.2 Å². The van der Waals surface area contributed by atoms with Crippen molar-refractivity contribution in [3.8, 4) is 0 Å². The number of aryl methyl sites for hydroxylation is 1. The standard InChI is InChI=1S/C13H24N4OS/c1-2-4-12-13(19-16-15-12)11-14-5-3-6-17-7-9-18-10-8-17/h14H,2-11H2,1H3. The third-order valence-electron chi connectivity index (χ3n) is 3.34. The Morgan fingerprint density at radius 2 is 2.21 bits per heavy atom. The molecular formula is C13H24N4OS. The minimum absolute atomic E-state index is 0.889. The topological polar surface area (TPSA) is 50.3 Å². The number of nitrogens with one attached hydrogen (secondary N) is 1. The van der Waals surface area contributed by atoms with E-state index < -0.39 is 0 Å². The number of nitrogens with zero attached hydrogens (tertiary/aromatic N) is 3. The maximum Gasteiger partial charge on any atom is 0.0800 e. The average molecular weight is 284 g/mol. The van der Waals surface area contributed by atoms with Crippen LogP contribution in [-0.2, 0) is 17.7 Å². The third-order valence-corrected chi connectivity index (χ3v) is 4.10. The average Bonchev–Trinajstić information content (AvgIpc) is 2.88. The summed E-state index contributed by atoms with van der Waals surface area (Å²) < 4.78 is 9.39. The molecule has 5 nitrogen and oxygen atoms in total. The van der Waals surface area contributed by atoms with E-state index in [-0.39, 0.29) is 0 Å². The minimum Gasteiger partial charge on any atom is -0.379 e. The lowest BCUT2D eigenvalue weighted by Crippen LogP contribution is -2.37. The van der Waals surface area contributed by atoms with Crippen molar-refractivity contribution in [3.05, 3.63) is 10.6 Å². The summed E-state index contributed by atoms with van der Waals surface area (Å²) in [6, 6.07) is 0. The largest absolute Gasteiger partial charge is 0.379 e. The lowest BCUT2D eigenvalue weighted by Gasteiger charge is -2.26. The summed E-state index contributed by atoms with van der Waals surface area (Å²) in [5, 5.41) is 7.68. The van der Waals surface area contributed by atoms with E-state index in [1.807, 2.05) is 0 Å². The van der Waals surface area contributed by atoms with E-state index in [1.165, 1.54) is 35.1 Å². The van der Waals surface area contributed by atoms with Crippen LogP contribution < -0.4 is 5.32 Å². The van der Waals surface area contributed by atoms with Crippen LogP contribution in [0.15, 0.2) is 0 Å². The fourth-order valence-electron chi connectivity index (χ4n) is 2.24. The third kappa shape index (κ3) is 5.14. The summed E-state index contributed by atoms with van der Waals surface area (Å²) in [6.07, 6.45) is 3.37. The van der Waals surface area contributed by atoms with Gasteiger partial charge in [-0.15, -0.1) is 5.10 Å². The smallest absolute Gasteiger partial charge is 0.0800 e. The molecule has 0 spiro atoms. The van der Waals surface area contributed by atoms with Crippen molar-refractivity contribution in [2.24, 2.45) is 0 Å². The molecule has 1 aliphatic rings. The Labute approximate surface area is 119 Å². The molecule has 0 bridgehead atoms. The zero-order valence-electron chi connectivity index (χ0n) is 11.7. The van der Waals surface area contributed by atoms with Crippen LogP contribution in [0.2, 0.25) is 0 Å². The van der Waals surface area contributed by atoms with Gasteiger partial charge < -0.3 is 10.1 Å². The Kier molecular flexibility index (Phi) is 6.70. The summed E-state index contributed by atoms with van der Waals surface area (Å²) in [7, 11) is 0. The first-order chi connectivity index (χ1) is 9.40. The van der Waals surface area contributed by atoms with Crippen LogP contribution >= 0.6 is 11.5 Å². The lowest BCUT2D eigenvalue weighted by molar-refractivity contribution is 0.0374. The van der Waals surface area contributed by atoms with Crippen molar-refractivity contribution >= 4 is 11.5 Å². The van der Waals surface area contributed by atoms with Crippen molar-refractivity contribution < 1.29 is 4.74 Å². The van der Waals surface area contributed by atoms with Crippen LogP contribution in [0.3, 0.4) is 0 Å². The van der Waals surface area contributed by atoms with Gasteiger partial charge in [0.15, 0.2) is 0 Å². The molecule has 1 saturated heterocycles. The molecule has 2 rings (SSSR count). The number of rotatable bonds is 8. The second-order valence-electron chi connectivity index (χ2n) is 4.88. The first-order valence-electron chi connectivity index (χ1n) is 7.21. The maximum atomic E-state index is 5.34. The molecule has 1 aromatic heterocycles. The highest BCUT2D eigenvalue weighted by Crippen LogP contribution is 2.11. The van der Waals surface area contributed by atoms with E-state index >= 15 is 0 Å². The zero-order valence-corrected chi connectivity index (χ0v) is 12.5. The van der Waals surface area contributed by atoms with Gasteiger partial charge in [0.1, 0.15) is 0 Å². The Hall–Kier alpha value is -0.560. The van der Waals surface area contributed by atoms with E-state index in [1.54, 1.807) is 0 Å². The Balaban J connectivity index is 1.57. The molecule has 0 unspecified atom stereocenters. The summed E-state index contributed by atoms with van der Waals surface area (Å²) >= 11 is 1.53. The van der Waals surface area contributed by atoms with Gasteiger partial charge in [-0.2, -0.15) is 0 Å². The Bertz CT molecular complexity index is 352. The quantitative estimate of drug-likeness (QED) is 0.729. The first kappa shape index (κ1) is 14.8. The summed E-state index contributed by atoms with van der Waals surface area (Å²) in [4.78, 5) is 3.77. The highest BCUT2D eigenvalue weighted by atomic mass is 32.1. The van der Waals surface area contributed by atoms with E-state index in [2.05, 4.69) is 26.7 Å². The first-order valence-corrected chi connectivity index (χ1v) is 7.98. The summed E-state index contributed by atoms with van der Waals surface area (Å²) in [5.41, 5.74) is 1.17. The maximum absolute atomic E-state index is 5.34. The Morgan fingerprint density at radius 3 is 3.00 bits per heavy atom.